The first-order chi connectivity index (χ1) is 13.5. The lowest BCUT2D eigenvalue weighted by molar-refractivity contribution is 0.0601. The number of carbonyl (C=O) groups is 1. The fraction of sp³-hybridized carbons (Fsp3) is 0.217. The summed E-state index contributed by atoms with van der Waals surface area (Å²) in [7, 11) is 3.44. The number of methoxy groups -OCH3 is 1. The maximum atomic E-state index is 11.9. The second kappa shape index (κ2) is 7.00. The van der Waals surface area contributed by atoms with Crippen LogP contribution in [-0.2, 0) is 4.74 Å². The Balaban J connectivity index is 1.94. The number of carbonyl (C=O) groups excluding carboxylic acids is 1. The molecule has 142 valence electrons. The highest BCUT2D eigenvalue weighted by molar-refractivity contribution is 5.97. The summed E-state index contributed by atoms with van der Waals surface area (Å²) in [4.78, 5) is 19.0. The lowest BCUT2D eigenvalue weighted by Crippen LogP contribution is -2.26. The minimum absolute atomic E-state index is 0.291. The van der Waals surface area contributed by atoms with Gasteiger partial charge in [-0.2, -0.15) is 0 Å². The lowest BCUT2D eigenvalue weighted by Gasteiger charge is -2.26. The fourth-order valence-electron chi connectivity index (χ4n) is 3.28. The molecule has 0 saturated carbocycles. The minimum Gasteiger partial charge on any atom is -0.465 e. The molecule has 2 heterocycles. The number of benzene rings is 2. The summed E-state index contributed by atoms with van der Waals surface area (Å²) >= 11 is 0. The normalized spacial score (nSPS) is 11.3. The third kappa shape index (κ3) is 3.09. The standard InChI is InChI=1S/C23H22N2O3/c1-14(2)25(3)20-13-18-12-17(23(26)27-4)5-7-19(18)24-22(20)16-6-8-21-15(11-16)9-10-28-21/h5-14H,1-4H3. The van der Waals surface area contributed by atoms with E-state index in [0.717, 1.165) is 38.8 Å². The maximum Gasteiger partial charge on any atom is 0.337 e. The SMILES string of the molecule is COC(=O)c1ccc2nc(-c3ccc4occc4c3)c(N(C)C(C)C)cc2c1. The number of anilines is 1. The largest absolute Gasteiger partial charge is 0.465 e. The molecule has 0 N–H and O–H groups in total. The van der Waals surface area contributed by atoms with Crippen LogP contribution >= 0.6 is 0 Å². The van der Waals surface area contributed by atoms with E-state index < -0.39 is 0 Å². The number of furan rings is 1. The van der Waals surface area contributed by atoms with Gasteiger partial charge in [0, 0.05) is 29.4 Å². The van der Waals surface area contributed by atoms with E-state index in [1.54, 1.807) is 12.3 Å². The first-order valence-electron chi connectivity index (χ1n) is 9.21. The van der Waals surface area contributed by atoms with Crippen LogP contribution in [-0.4, -0.2) is 31.2 Å². The van der Waals surface area contributed by atoms with E-state index in [1.165, 1.54) is 7.11 Å². The van der Waals surface area contributed by atoms with E-state index in [1.807, 2.05) is 30.3 Å². The summed E-state index contributed by atoms with van der Waals surface area (Å²) in [6, 6.07) is 15.9. The molecular formula is C23H22N2O3. The Bertz CT molecular complexity index is 1180. The van der Waals surface area contributed by atoms with Crippen LogP contribution in [0.25, 0.3) is 33.1 Å². The number of pyridine rings is 1. The maximum absolute atomic E-state index is 11.9. The Morgan fingerprint density at radius 2 is 1.89 bits per heavy atom. The molecule has 0 bridgehead atoms. The number of nitrogens with zero attached hydrogens (tertiary/aromatic N) is 2. The number of rotatable bonds is 4. The van der Waals surface area contributed by atoms with Gasteiger partial charge < -0.3 is 14.1 Å². The van der Waals surface area contributed by atoms with Crippen molar-refractivity contribution in [3.05, 3.63) is 60.4 Å². The molecule has 5 nitrogen and oxygen atoms in total. The lowest BCUT2D eigenvalue weighted by atomic mass is 10.0. The van der Waals surface area contributed by atoms with Crippen LogP contribution in [0.1, 0.15) is 24.2 Å². The third-order valence-electron chi connectivity index (χ3n) is 5.10. The number of ether oxygens (including phenoxy) is 1. The second-order valence-corrected chi connectivity index (χ2v) is 7.13. The van der Waals surface area contributed by atoms with E-state index in [-0.39, 0.29) is 5.97 Å². The fourth-order valence-corrected chi connectivity index (χ4v) is 3.28. The molecule has 0 spiro atoms. The highest BCUT2D eigenvalue weighted by atomic mass is 16.5. The van der Waals surface area contributed by atoms with E-state index >= 15 is 0 Å². The predicted octanol–water partition coefficient (Wildman–Crippen LogP) is 5.28. The van der Waals surface area contributed by atoms with Crippen molar-refractivity contribution in [1.29, 1.82) is 0 Å². The topological polar surface area (TPSA) is 55.6 Å². The van der Waals surface area contributed by atoms with E-state index in [9.17, 15) is 4.79 Å². The smallest absolute Gasteiger partial charge is 0.337 e. The molecule has 0 aliphatic carbocycles. The summed E-state index contributed by atoms with van der Waals surface area (Å²) in [6.07, 6.45) is 1.69. The van der Waals surface area contributed by atoms with Crippen LogP contribution in [0.4, 0.5) is 5.69 Å². The molecule has 0 unspecified atom stereocenters. The summed E-state index contributed by atoms with van der Waals surface area (Å²) in [5.41, 5.74) is 5.13. The first-order valence-corrected chi connectivity index (χ1v) is 9.21. The summed E-state index contributed by atoms with van der Waals surface area (Å²) < 4.78 is 10.3. The molecule has 4 aromatic rings. The molecule has 0 amide bonds. The summed E-state index contributed by atoms with van der Waals surface area (Å²) in [5, 5.41) is 1.94. The predicted molar refractivity (Wildman–Crippen MR) is 112 cm³/mol. The van der Waals surface area contributed by atoms with Crippen LogP contribution in [0, 0.1) is 0 Å². The number of aromatic nitrogens is 1. The molecule has 0 radical (unpaired) electrons. The van der Waals surface area contributed by atoms with Gasteiger partial charge in [0.25, 0.3) is 0 Å². The minimum atomic E-state index is -0.352. The molecule has 5 heteroatoms. The summed E-state index contributed by atoms with van der Waals surface area (Å²) in [5.74, 6) is -0.352. The van der Waals surface area contributed by atoms with E-state index in [2.05, 4.69) is 37.9 Å². The number of hydrogen-bond acceptors (Lipinski definition) is 5. The van der Waals surface area contributed by atoms with Gasteiger partial charge >= 0.3 is 5.97 Å². The van der Waals surface area contributed by atoms with Crippen molar-refractivity contribution in [2.24, 2.45) is 0 Å². The van der Waals surface area contributed by atoms with Crippen LogP contribution in [0.3, 0.4) is 0 Å². The van der Waals surface area contributed by atoms with Crippen molar-refractivity contribution in [2.45, 2.75) is 19.9 Å². The Morgan fingerprint density at radius 3 is 2.64 bits per heavy atom. The van der Waals surface area contributed by atoms with Gasteiger partial charge in [-0.3, -0.25) is 0 Å². The van der Waals surface area contributed by atoms with E-state index in [4.69, 9.17) is 14.1 Å². The van der Waals surface area contributed by atoms with Crippen molar-refractivity contribution in [3.63, 3.8) is 0 Å². The molecule has 28 heavy (non-hydrogen) atoms. The number of hydrogen-bond donors (Lipinski definition) is 0. The van der Waals surface area contributed by atoms with Gasteiger partial charge in [-0.15, -0.1) is 0 Å². The van der Waals surface area contributed by atoms with Crippen LogP contribution in [0.15, 0.2) is 59.2 Å². The molecule has 0 saturated heterocycles. The average molecular weight is 374 g/mol. The van der Waals surface area contributed by atoms with Gasteiger partial charge in [-0.25, -0.2) is 9.78 Å². The van der Waals surface area contributed by atoms with Gasteiger partial charge in [0.15, 0.2) is 0 Å². The Labute approximate surface area is 163 Å². The van der Waals surface area contributed by atoms with Gasteiger partial charge in [-0.1, -0.05) is 0 Å². The molecule has 0 fully saturated rings. The van der Waals surface area contributed by atoms with Crippen LogP contribution < -0.4 is 4.90 Å². The van der Waals surface area contributed by atoms with Crippen LogP contribution in [0.2, 0.25) is 0 Å². The van der Waals surface area contributed by atoms with Gasteiger partial charge in [-0.05, 0) is 62.4 Å². The van der Waals surface area contributed by atoms with Crippen molar-refractivity contribution >= 4 is 33.5 Å². The van der Waals surface area contributed by atoms with Gasteiger partial charge in [0.1, 0.15) is 5.58 Å². The Kier molecular flexibility index (Phi) is 4.51. The number of esters is 1. The zero-order valence-electron chi connectivity index (χ0n) is 16.4. The van der Waals surface area contributed by atoms with Gasteiger partial charge in [0.05, 0.1) is 35.8 Å². The Morgan fingerprint density at radius 1 is 1.07 bits per heavy atom. The molecular weight excluding hydrogens is 352 g/mol. The molecule has 0 aliphatic heterocycles. The monoisotopic (exact) mass is 374 g/mol. The molecule has 2 aromatic carbocycles. The highest BCUT2D eigenvalue weighted by Crippen LogP contribution is 2.34. The molecule has 2 aromatic heterocycles. The summed E-state index contributed by atoms with van der Waals surface area (Å²) in [6.45, 7) is 4.27. The third-order valence-corrected chi connectivity index (χ3v) is 5.10. The van der Waals surface area contributed by atoms with E-state index in [0.29, 0.717) is 11.6 Å². The zero-order valence-corrected chi connectivity index (χ0v) is 16.4. The number of fused-ring (bicyclic) bond motifs is 2. The first kappa shape index (κ1) is 18.0. The quantitative estimate of drug-likeness (QED) is 0.455. The molecule has 0 aliphatic rings. The highest BCUT2D eigenvalue weighted by Gasteiger charge is 2.17. The molecule has 4 rings (SSSR count). The van der Waals surface area contributed by atoms with Crippen molar-refractivity contribution in [3.8, 4) is 11.3 Å². The van der Waals surface area contributed by atoms with Crippen molar-refractivity contribution < 1.29 is 13.9 Å². The van der Waals surface area contributed by atoms with Crippen LogP contribution in [0.5, 0.6) is 0 Å². The molecule has 0 atom stereocenters. The average Bonchev–Trinajstić information content (AvgIpc) is 3.18. The zero-order chi connectivity index (χ0) is 19.8. The Hall–Kier alpha value is -3.34. The van der Waals surface area contributed by atoms with Crippen molar-refractivity contribution in [1.82, 2.24) is 4.98 Å². The van der Waals surface area contributed by atoms with Crippen molar-refractivity contribution in [2.75, 3.05) is 19.1 Å². The van der Waals surface area contributed by atoms with Gasteiger partial charge in [0.2, 0.25) is 0 Å². The second-order valence-electron chi connectivity index (χ2n) is 7.13.